The fourth-order valence-electron chi connectivity index (χ4n) is 4.09. The van der Waals surface area contributed by atoms with E-state index in [4.69, 9.17) is 0 Å². The Morgan fingerprint density at radius 2 is 1.72 bits per heavy atom. The fourth-order valence-corrected chi connectivity index (χ4v) is 4.09. The first-order valence-corrected chi connectivity index (χ1v) is 9.90. The quantitative estimate of drug-likeness (QED) is 0.893. The third kappa shape index (κ3) is 5.05. The van der Waals surface area contributed by atoms with Gasteiger partial charge in [-0.3, -0.25) is 9.69 Å². The van der Waals surface area contributed by atoms with E-state index in [2.05, 4.69) is 53.4 Å². The summed E-state index contributed by atoms with van der Waals surface area (Å²) in [4.78, 5) is 17.5. The topological polar surface area (TPSA) is 35.6 Å². The van der Waals surface area contributed by atoms with E-state index in [1.165, 1.54) is 30.4 Å². The van der Waals surface area contributed by atoms with Crippen LogP contribution < -0.4 is 5.32 Å². The van der Waals surface area contributed by atoms with Crippen LogP contribution >= 0.6 is 0 Å². The van der Waals surface area contributed by atoms with Crippen molar-refractivity contribution in [3.05, 3.63) is 35.4 Å². The molecule has 1 saturated carbocycles. The van der Waals surface area contributed by atoms with Crippen LogP contribution in [-0.2, 0) is 4.79 Å². The van der Waals surface area contributed by atoms with Gasteiger partial charge in [0.15, 0.2) is 0 Å². The SMILES string of the molecule is Cc1ccc(C(CNC(=O)C2CCCCC2)N2CCN(C)CC2)cc1. The summed E-state index contributed by atoms with van der Waals surface area (Å²) in [7, 11) is 2.18. The zero-order valence-electron chi connectivity index (χ0n) is 15.8. The van der Waals surface area contributed by atoms with Crippen molar-refractivity contribution in [2.24, 2.45) is 5.92 Å². The van der Waals surface area contributed by atoms with Crippen molar-refractivity contribution < 1.29 is 4.79 Å². The van der Waals surface area contributed by atoms with Crippen molar-refractivity contribution in [2.45, 2.75) is 45.1 Å². The van der Waals surface area contributed by atoms with Gasteiger partial charge in [-0.25, -0.2) is 0 Å². The lowest BCUT2D eigenvalue weighted by molar-refractivity contribution is -0.126. The minimum Gasteiger partial charge on any atom is -0.354 e. The maximum absolute atomic E-state index is 12.6. The Morgan fingerprint density at radius 3 is 2.36 bits per heavy atom. The molecular weight excluding hydrogens is 310 g/mol. The van der Waals surface area contributed by atoms with Gasteiger partial charge in [-0.15, -0.1) is 0 Å². The Bertz CT molecular complexity index is 543. The molecule has 4 heteroatoms. The van der Waals surface area contributed by atoms with Crippen molar-refractivity contribution in [1.82, 2.24) is 15.1 Å². The van der Waals surface area contributed by atoms with Crippen molar-refractivity contribution in [3.8, 4) is 0 Å². The molecule has 1 unspecified atom stereocenters. The highest BCUT2D eigenvalue weighted by Gasteiger charge is 2.26. The highest BCUT2D eigenvalue weighted by atomic mass is 16.1. The van der Waals surface area contributed by atoms with Gasteiger partial charge in [0.1, 0.15) is 0 Å². The number of piperazine rings is 1. The van der Waals surface area contributed by atoms with Gasteiger partial charge in [0.25, 0.3) is 0 Å². The summed E-state index contributed by atoms with van der Waals surface area (Å²) >= 11 is 0. The number of nitrogens with zero attached hydrogens (tertiary/aromatic N) is 2. The first-order valence-electron chi connectivity index (χ1n) is 9.90. The molecule has 1 heterocycles. The molecule has 1 aromatic rings. The molecule has 25 heavy (non-hydrogen) atoms. The molecule has 1 amide bonds. The first-order chi connectivity index (χ1) is 12.1. The lowest BCUT2D eigenvalue weighted by Gasteiger charge is -2.38. The van der Waals surface area contributed by atoms with Crippen LogP contribution in [0.1, 0.15) is 49.3 Å². The molecule has 1 saturated heterocycles. The molecule has 0 radical (unpaired) electrons. The molecule has 1 N–H and O–H groups in total. The number of carbonyl (C=O) groups is 1. The summed E-state index contributed by atoms with van der Waals surface area (Å²) in [5, 5.41) is 3.28. The number of rotatable bonds is 5. The molecular formula is C21H33N3O. The lowest BCUT2D eigenvalue weighted by Crippen LogP contribution is -2.49. The van der Waals surface area contributed by atoms with Crippen molar-refractivity contribution >= 4 is 5.91 Å². The Morgan fingerprint density at radius 1 is 1.08 bits per heavy atom. The largest absolute Gasteiger partial charge is 0.354 e. The van der Waals surface area contributed by atoms with E-state index in [0.717, 1.165) is 45.6 Å². The summed E-state index contributed by atoms with van der Waals surface area (Å²) in [6.45, 7) is 7.17. The molecule has 1 aromatic carbocycles. The molecule has 2 fully saturated rings. The Balaban J connectivity index is 1.65. The van der Waals surface area contributed by atoms with Gasteiger partial charge in [-0.2, -0.15) is 0 Å². The van der Waals surface area contributed by atoms with Gasteiger partial charge in [-0.1, -0.05) is 49.1 Å². The molecule has 3 rings (SSSR count). The summed E-state index contributed by atoms with van der Waals surface area (Å²) in [5.41, 5.74) is 2.60. The van der Waals surface area contributed by atoms with E-state index in [-0.39, 0.29) is 17.9 Å². The van der Waals surface area contributed by atoms with E-state index >= 15 is 0 Å². The summed E-state index contributed by atoms with van der Waals surface area (Å²) in [5.74, 6) is 0.505. The number of benzene rings is 1. The van der Waals surface area contributed by atoms with Gasteiger partial charge in [0.2, 0.25) is 5.91 Å². The average Bonchev–Trinajstić information content (AvgIpc) is 2.65. The minimum absolute atomic E-state index is 0.236. The van der Waals surface area contributed by atoms with Crippen LogP contribution in [0.2, 0.25) is 0 Å². The summed E-state index contributed by atoms with van der Waals surface area (Å²) in [6.07, 6.45) is 5.83. The van der Waals surface area contributed by atoms with Gasteiger partial charge in [0, 0.05) is 38.6 Å². The zero-order chi connectivity index (χ0) is 17.6. The van der Waals surface area contributed by atoms with Crippen LogP contribution in [0.3, 0.4) is 0 Å². The zero-order valence-corrected chi connectivity index (χ0v) is 15.8. The molecule has 4 nitrogen and oxygen atoms in total. The molecule has 1 atom stereocenters. The lowest BCUT2D eigenvalue weighted by atomic mass is 9.88. The number of hydrogen-bond acceptors (Lipinski definition) is 3. The van der Waals surface area contributed by atoms with Crippen LogP contribution in [0.15, 0.2) is 24.3 Å². The number of hydrogen-bond donors (Lipinski definition) is 1. The van der Waals surface area contributed by atoms with Gasteiger partial charge in [-0.05, 0) is 32.4 Å². The number of amides is 1. The van der Waals surface area contributed by atoms with E-state index in [9.17, 15) is 4.79 Å². The highest BCUT2D eigenvalue weighted by Crippen LogP contribution is 2.25. The first kappa shape index (κ1) is 18.4. The number of likely N-dealkylation sites (N-methyl/N-ethyl adjacent to an activating group) is 1. The predicted molar refractivity (Wildman–Crippen MR) is 103 cm³/mol. The molecule has 2 aliphatic rings. The van der Waals surface area contributed by atoms with Crippen LogP contribution in [0, 0.1) is 12.8 Å². The smallest absolute Gasteiger partial charge is 0.223 e. The van der Waals surface area contributed by atoms with Crippen LogP contribution in [0.25, 0.3) is 0 Å². The van der Waals surface area contributed by atoms with Crippen LogP contribution in [0.5, 0.6) is 0 Å². The van der Waals surface area contributed by atoms with Crippen molar-refractivity contribution in [1.29, 1.82) is 0 Å². The van der Waals surface area contributed by atoms with Crippen LogP contribution in [-0.4, -0.2) is 55.5 Å². The fraction of sp³-hybridized carbons (Fsp3) is 0.667. The maximum Gasteiger partial charge on any atom is 0.223 e. The average molecular weight is 344 g/mol. The predicted octanol–water partition coefficient (Wildman–Crippen LogP) is 2.98. The summed E-state index contributed by atoms with van der Waals surface area (Å²) in [6, 6.07) is 9.10. The van der Waals surface area contributed by atoms with Gasteiger partial charge < -0.3 is 10.2 Å². The van der Waals surface area contributed by atoms with Gasteiger partial charge in [0.05, 0.1) is 6.04 Å². The van der Waals surface area contributed by atoms with Crippen molar-refractivity contribution in [2.75, 3.05) is 39.8 Å². The third-order valence-corrected chi connectivity index (χ3v) is 5.89. The molecule has 138 valence electrons. The Kier molecular flexibility index (Phi) is 6.49. The molecule has 1 aliphatic carbocycles. The number of nitrogens with one attached hydrogen (secondary N) is 1. The molecule has 0 bridgehead atoms. The standard InChI is InChI=1S/C21H33N3O/c1-17-8-10-18(11-9-17)20(24-14-12-23(2)13-15-24)16-22-21(25)19-6-4-3-5-7-19/h8-11,19-20H,3-7,12-16H2,1-2H3,(H,22,25). The maximum atomic E-state index is 12.6. The third-order valence-electron chi connectivity index (χ3n) is 5.89. The number of carbonyl (C=O) groups excluding carboxylic acids is 1. The number of aryl methyl sites for hydroxylation is 1. The monoisotopic (exact) mass is 343 g/mol. The second kappa shape index (κ2) is 8.81. The molecule has 0 spiro atoms. The van der Waals surface area contributed by atoms with E-state index in [1.54, 1.807) is 0 Å². The molecule has 1 aliphatic heterocycles. The second-order valence-electron chi connectivity index (χ2n) is 7.85. The normalized spacial score (nSPS) is 21.8. The van der Waals surface area contributed by atoms with Gasteiger partial charge >= 0.3 is 0 Å². The minimum atomic E-state index is 0.236. The van der Waals surface area contributed by atoms with E-state index < -0.39 is 0 Å². The summed E-state index contributed by atoms with van der Waals surface area (Å²) < 4.78 is 0. The van der Waals surface area contributed by atoms with E-state index in [1.807, 2.05) is 0 Å². The Labute approximate surface area is 152 Å². The van der Waals surface area contributed by atoms with Crippen molar-refractivity contribution in [3.63, 3.8) is 0 Å². The van der Waals surface area contributed by atoms with E-state index in [0.29, 0.717) is 0 Å². The highest BCUT2D eigenvalue weighted by molar-refractivity contribution is 5.78. The second-order valence-corrected chi connectivity index (χ2v) is 7.85. The Hall–Kier alpha value is -1.39. The van der Waals surface area contributed by atoms with Crippen LogP contribution in [0.4, 0.5) is 0 Å². The molecule has 0 aromatic heterocycles.